The maximum Gasteiger partial charge on any atom is 0.131 e. The van der Waals surface area contributed by atoms with Gasteiger partial charge in [0.2, 0.25) is 0 Å². The third kappa shape index (κ3) is 1.28. The van der Waals surface area contributed by atoms with E-state index >= 15 is 0 Å². The number of hydrogen-bond donors (Lipinski definition) is 2. The van der Waals surface area contributed by atoms with Crippen LogP contribution in [0.4, 0.5) is 0 Å². The van der Waals surface area contributed by atoms with Gasteiger partial charge in [-0.3, -0.25) is 0 Å². The molecule has 0 heterocycles. The molecule has 0 saturated heterocycles. The fourth-order valence-corrected chi connectivity index (χ4v) is 3.33. The number of rotatable bonds is 2. The zero-order valence-corrected chi connectivity index (χ0v) is 11.2. The summed E-state index contributed by atoms with van der Waals surface area (Å²) in [6, 6.07) is 18.8. The van der Waals surface area contributed by atoms with E-state index in [4.69, 9.17) is 0 Å². The van der Waals surface area contributed by atoms with Crippen LogP contribution in [0.15, 0.2) is 60.7 Å². The largest absolute Gasteiger partial charge is 0.381 e. The first-order valence-corrected chi connectivity index (χ1v) is 6.52. The Morgan fingerprint density at radius 1 is 0.632 bits per heavy atom. The normalized spacial score (nSPS) is 32.0. The molecule has 0 spiro atoms. The maximum atomic E-state index is 11.1. The second-order valence-corrected chi connectivity index (χ2v) is 5.78. The minimum absolute atomic E-state index is 0.622. The average Bonchev–Trinajstić information content (AvgIpc) is 2.82. The topological polar surface area (TPSA) is 40.5 Å². The van der Waals surface area contributed by atoms with Crippen molar-refractivity contribution in [2.45, 2.75) is 25.0 Å². The number of aliphatic hydroxyl groups is 2. The Bertz CT molecular complexity index is 538. The third-order valence-corrected chi connectivity index (χ3v) is 4.65. The second kappa shape index (κ2) is 3.69. The monoisotopic (exact) mass is 254 g/mol. The quantitative estimate of drug-likeness (QED) is 0.865. The van der Waals surface area contributed by atoms with Crippen molar-refractivity contribution in [2.24, 2.45) is 5.41 Å². The molecule has 0 bridgehead atoms. The lowest BCUT2D eigenvalue weighted by Crippen LogP contribution is -2.21. The van der Waals surface area contributed by atoms with E-state index in [1.165, 1.54) is 0 Å². The average molecular weight is 254 g/mol. The second-order valence-electron chi connectivity index (χ2n) is 5.78. The molecule has 0 amide bonds. The van der Waals surface area contributed by atoms with Gasteiger partial charge in [0, 0.05) is 5.41 Å². The number of benzene rings is 2. The lowest BCUT2D eigenvalue weighted by Gasteiger charge is -2.17. The fraction of sp³-hybridized carbons (Fsp3) is 0.294. The molecule has 2 heteroatoms. The van der Waals surface area contributed by atoms with Crippen molar-refractivity contribution in [1.29, 1.82) is 0 Å². The molecule has 1 fully saturated rings. The summed E-state index contributed by atoms with van der Waals surface area (Å²) >= 11 is 0. The summed E-state index contributed by atoms with van der Waals surface area (Å²) in [5.41, 5.74) is -1.61. The molecule has 1 aliphatic rings. The van der Waals surface area contributed by atoms with Crippen LogP contribution in [0.3, 0.4) is 0 Å². The third-order valence-electron chi connectivity index (χ3n) is 4.65. The van der Waals surface area contributed by atoms with Crippen LogP contribution in [-0.2, 0) is 11.2 Å². The first-order chi connectivity index (χ1) is 8.96. The van der Waals surface area contributed by atoms with Crippen molar-refractivity contribution in [3.05, 3.63) is 71.8 Å². The standard InChI is InChI=1S/C17H18O2/c1-15(2)16(18,13-9-5-3-6-10-13)17(15,19)14-11-7-4-8-12-14/h3-12,18-19H,1-2H3/t16-,17-/m1/s1. The summed E-state index contributed by atoms with van der Waals surface area (Å²) in [6.07, 6.45) is 0. The highest BCUT2D eigenvalue weighted by molar-refractivity contribution is 5.49. The Labute approximate surface area is 113 Å². The van der Waals surface area contributed by atoms with E-state index in [2.05, 4.69) is 0 Å². The Morgan fingerprint density at radius 2 is 0.947 bits per heavy atom. The molecule has 1 saturated carbocycles. The van der Waals surface area contributed by atoms with Crippen LogP contribution in [-0.4, -0.2) is 10.2 Å². The minimum Gasteiger partial charge on any atom is -0.381 e. The molecule has 2 aromatic carbocycles. The van der Waals surface area contributed by atoms with Crippen molar-refractivity contribution in [3.8, 4) is 0 Å². The molecule has 1 aliphatic carbocycles. The maximum absolute atomic E-state index is 11.1. The van der Waals surface area contributed by atoms with Crippen LogP contribution in [0.25, 0.3) is 0 Å². The zero-order valence-electron chi connectivity index (χ0n) is 11.2. The van der Waals surface area contributed by atoms with E-state index in [0.29, 0.717) is 0 Å². The molecule has 0 aliphatic heterocycles. The van der Waals surface area contributed by atoms with Crippen LogP contribution < -0.4 is 0 Å². The minimum atomic E-state index is -1.25. The SMILES string of the molecule is CC1(C)[C@](O)(c2ccccc2)[C@@]1(O)c1ccccc1. The predicted molar refractivity (Wildman–Crippen MR) is 74.5 cm³/mol. The molecular weight excluding hydrogens is 236 g/mol. The van der Waals surface area contributed by atoms with Crippen LogP contribution in [0.2, 0.25) is 0 Å². The van der Waals surface area contributed by atoms with Gasteiger partial charge in [0.15, 0.2) is 0 Å². The summed E-state index contributed by atoms with van der Waals surface area (Å²) < 4.78 is 0. The van der Waals surface area contributed by atoms with Crippen LogP contribution >= 0.6 is 0 Å². The van der Waals surface area contributed by atoms with Gasteiger partial charge in [0.25, 0.3) is 0 Å². The van der Waals surface area contributed by atoms with Crippen LogP contribution in [0.1, 0.15) is 25.0 Å². The van der Waals surface area contributed by atoms with Crippen LogP contribution in [0.5, 0.6) is 0 Å². The molecule has 0 unspecified atom stereocenters. The van der Waals surface area contributed by atoms with E-state index in [-0.39, 0.29) is 0 Å². The molecule has 2 atom stereocenters. The molecule has 98 valence electrons. The molecule has 2 aromatic rings. The Hall–Kier alpha value is -1.64. The van der Waals surface area contributed by atoms with E-state index in [1.807, 2.05) is 74.5 Å². The fourth-order valence-electron chi connectivity index (χ4n) is 3.33. The summed E-state index contributed by atoms with van der Waals surface area (Å²) in [6.45, 7) is 3.79. The summed E-state index contributed by atoms with van der Waals surface area (Å²) in [7, 11) is 0. The van der Waals surface area contributed by atoms with E-state index in [9.17, 15) is 10.2 Å². The number of hydrogen-bond acceptors (Lipinski definition) is 2. The zero-order chi connectivity index (χ0) is 13.7. The van der Waals surface area contributed by atoms with Gasteiger partial charge in [-0.15, -0.1) is 0 Å². The van der Waals surface area contributed by atoms with Crippen molar-refractivity contribution >= 4 is 0 Å². The summed E-state index contributed by atoms with van der Waals surface area (Å²) in [4.78, 5) is 0. The summed E-state index contributed by atoms with van der Waals surface area (Å²) in [5.74, 6) is 0. The lowest BCUT2D eigenvalue weighted by atomic mass is 9.99. The Balaban J connectivity index is 2.15. The molecule has 2 nitrogen and oxygen atoms in total. The Morgan fingerprint density at radius 3 is 1.26 bits per heavy atom. The summed E-state index contributed by atoms with van der Waals surface area (Å²) in [5, 5.41) is 22.1. The van der Waals surface area contributed by atoms with Crippen molar-refractivity contribution < 1.29 is 10.2 Å². The van der Waals surface area contributed by atoms with Gasteiger partial charge in [-0.25, -0.2) is 0 Å². The van der Waals surface area contributed by atoms with Gasteiger partial charge in [-0.05, 0) is 11.1 Å². The smallest absolute Gasteiger partial charge is 0.131 e. The highest BCUT2D eigenvalue weighted by Gasteiger charge is 2.83. The van der Waals surface area contributed by atoms with Crippen molar-refractivity contribution in [1.82, 2.24) is 0 Å². The van der Waals surface area contributed by atoms with Gasteiger partial charge in [-0.1, -0.05) is 74.5 Å². The van der Waals surface area contributed by atoms with E-state index in [1.54, 1.807) is 0 Å². The first-order valence-electron chi connectivity index (χ1n) is 6.52. The van der Waals surface area contributed by atoms with Gasteiger partial charge >= 0.3 is 0 Å². The lowest BCUT2D eigenvalue weighted by molar-refractivity contribution is 0.0150. The molecule has 19 heavy (non-hydrogen) atoms. The molecule has 3 rings (SSSR count). The Kier molecular flexibility index (Phi) is 2.40. The van der Waals surface area contributed by atoms with Gasteiger partial charge in [0.05, 0.1) is 0 Å². The van der Waals surface area contributed by atoms with Gasteiger partial charge < -0.3 is 10.2 Å². The van der Waals surface area contributed by atoms with E-state index < -0.39 is 16.6 Å². The van der Waals surface area contributed by atoms with Crippen molar-refractivity contribution in [2.75, 3.05) is 0 Å². The predicted octanol–water partition coefficient (Wildman–Crippen LogP) is 2.80. The van der Waals surface area contributed by atoms with Crippen LogP contribution in [0, 0.1) is 5.41 Å². The van der Waals surface area contributed by atoms with E-state index in [0.717, 1.165) is 11.1 Å². The molecular formula is C17H18O2. The molecule has 0 aromatic heterocycles. The highest BCUT2D eigenvalue weighted by Crippen LogP contribution is 2.75. The van der Waals surface area contributed by atoms with Gasteiger partial charge in [0.1, 0.15) is 11.2 Å². The first kappa shape index (κ1) is 12.4. The van der Waals surface area contributed by atoms with Gasteiger partial charge in [-0.2, -0.15) is 0 Å². The highest BCUT2D eigenvalue weighted by atomic mass is 16.4. The van der Waals surface area contributed by atoms with Crippen molar-refractivity contribution in [3.63, 3.8) is 0 Å². The molecule has 2 N–H and O–H groups in total. The molecule has 0 radical (unpaired) electrons.